The molecule has 0 aromatic heterocycles. The Morgan fingerprint density at radius 1 is 1.25 bits per heavy atom. The zero-order valence-corrected chi connectivity index (χ0v) is 11.0. The van der Waals surface area contributed by atoms with Gasteiger partial charge in [-0.2, -0.15) is 0 Å². The quantitative estimate of drug-likeness (QED) is 0.717. The van der Waals surface area contributed by atoms with E-state index < -0.39 is 9.84 Å². The maximum atomic E-state index is 11.0. The smallest absolute Gasteiger partial charge is 0.147 e. The van der Waals surface area contributed by atoms with E-state index in [1.165, 1.54) is 31.9 Å². The third-order valence-corrected chi connectivity index (χ3v) is 4.25. The number of sulfone groups is 1. The lowest BCUT2D eigenvalue weighted by atomic mass is 10.2. The Balaban J connectivity index is 2.32. The summed E-state index contributed by atoms with van der Waals surface area (Å²) in [4.78, 5) is 2.37. The molecule has 0 heterocycles. The van der Waals surface area contributed by atoms with Crippen LogP contribution in [-0.2, 0) is 9.84 Å². The fraction of sp³-hybridized carbons (Fsp3) is 1.00. The highest BCUT2D eigenvalue weighted by molar-refractivity contribution is 7.90. The fourth-order valence-electron chi connectivity index (χ4n) is 2.44. The predicted molar refractivity (Wildman–Crippen MR) is 67.2 cm³/mol. The van der Waals surface area contributed by atoms with Crippen molar-refractivity contribution in [2.45, 2.75) is 38.1 Å². The molecule has 1 aliphatic carbocycles. The van der Waals surface area contributed by atoms with Gasteiger partial charge in [0, 0.05) is 25.4 Å². The molecule has 1 rings (SSSR count). The van der Waals surface area contributed by atoms with Crippen LogP contribution in [0.5, 0.6) is 0 Å². The molecular weight excluding hydrogens is 224 g/mol. The molecule has 0 atom stereocenters. The second-order valence-electron chi connectivity index (χ2n) is 4.75. The summed E-state index contributed by atoms with van der Waals surface area (Å²) in [7, 11) is -2.82. The van der Waals surface area contributed by atoms with Crippen LogP contribution in [0, 0.1) is 0 Å². The minimum absolute atomic E-state index is 0.292. The minimum atomic E-state index is -2.82. The van der Waals surface area contributed by atoms with Gasteiger partial charge in [-0.3, -0.25) is 4.90 Å². The van der Waals surface area contributed by atoms with Crippen LogP contribution in [0.2, 0.25) is 0 Å². The van der Waals surface area contributed by atoms with Gasteiger partial charge in [0.15, 0.2) is 0 Å². The Labute approximate surface area is 99.1 Å². The first-order valence-electron chi connectivity index (χ1n) is 6.15. The van der Waals surface area contributed by atoms with E-state index >= 15 is 0 Å². The largest absolute Gasteiger partial charge is 0.329 e. The summed E-state index contributed by atoms with van der Waals surface area (Å²) in [5, 5.41) is 0. The van der Waals surface area contributed by atoms with Crippen molar-refractivity contribution < 1.29 is 8.42 Å². The minimum Gasteiger partial charge on any atom is -0.329 e. The molecule has 2 N–H and O–H groups in total. The van der Waals surface area contributed by atoms with Gasteiger partial charge in [0.2, 0.25) is 0 Å². The lowest BCUT2D eigenvalue weighted by molar-refractivity contribution is 0.204. The molecule has 0 spiro atoms. The standard InChI is InChI=1S/C11H24N2O2S/c1-16(14,15)10-4-8-13(9-7-12)11-5-2-3-6-11/h11H,2-10,12H2,1H3. The van der Waals surface area contributed by atoms with E-state index in [4.69, 9.17) is 5.73 Å². The van der Waals surface area contributed by atoms with Crippen molar-refractivity contribution in [3.8, 4) is 0 Å². The van der Waals surface area contributed by atoms with Crippen LogP contribution in [0.25, 0.3) is 0 Å². The average Bonchev–Trinajstić information content (AvgIpc) is 2.67. The van der Waals surface area contributed by atoms with Crippen LogP contribution in [0.4, 0.5) is 0 Å². The molecule has 0 aromatic carbocycles. The second kappa shape index (κ2) is 6.57. The van der Waals surface area contributed by atoms with Crippen LogP contribution in [0.3, 0.4) is 0 Å². The fourth-order valence-corrected chi connectivity index (χ4v) is 3.10. The summed E-state index contributed by atoms with van der Waals surface area (Å²) >= 11 is 0. The molecule has 16 heavy (non-hydrogen) atoms. The molecule has 5 heteroatoms. The molecule has 1 aliphatic rings. The second-order valence-corrected chi connectivity index (χ2v) is 7.01. The Hall–Kier alpha value is -0.130. The molecule has 96 valence electrons. The van der Waals surface area contributed by atoms with Gasteiger partial charge in [-0.1, -0.05) is 12.8 Å². The molecule has 4 nitrogen and oxygen atoms in total. The summed E-state index contributed by atoms with van der Waals surface area (Å²) in [5.41, 5.74) is 5.59. The van der Waals surface area contributed by atoms with Crippen molar-refractivity contribution in [1.82, 2.24) is 4.90 Å². The van der Waals surface area contributed by atoms with Gasteiger partial charge >= 0.3 is 0 Å². The van der Waals surface area contributed by atoms with Gasteiger partial charge in [0.1, 0.15) is 9.84 Å². The van der Waals surface area contributed by atoms with Gasteiger partial charge in [0.25, 0.3) is 0 Å². The zero-order chi connectivity index (χ0) is 12.0. The van der Waals surface area contributed by atoms with Crippen molar-refractivity contribution in [3.63, 3.8) is 0 Å². The maximum absolute atomic E-state index is 11.0. The zero-order valence-electron chi connectivity index (χ0n) is 10.2. The van der Waals surface area contributed by atoms with E-state index in [-0.39, 0.29) is 0 Å². The van der Waals surface area contributed by atoms with Crippen LogP contribution in [0.15, 0.2) is 0 Å². The lowest BCUT2D eigenvalue weighted by Crippen LogP contribution is -2.38. The van der Waals surface area contributed by atoms with Gasteiger partial charge in [-0.15, -0.1) is 0 Å². The Morgan fingerprint density at radius 3 is 2.38 bits per heavy atom. The highest BCUT2D eigenvalue weighted by Gasteiger charge is 2.21. The van der Waals surface area contributed by atoms with Gasteiger partial charge < -0.3 is 5.73 Å². The normalized spacial score (nSPS) is 18.4. The molecule has 0 bridgehead atoms. The first-order valence-corrected chi connectivity index (χ1v) is 8.21. The highest BCUT2D eigenvalue weighted by atomic mass is 32.2. The summed E-state index contributed by atoms with van der Waals surface area (Å²) in [6, 6.07) is 0.642. The van der Waals surface area contributed by atoms with E-state index in [2.05, 4.69) is 4.90 Å². The van der Waals surface area contributed by atoms with E-state index in [9.17, 15) is 8.42 Å². The molecule has 0 aromatic rings. The number of nitrogens with zero attached hydrogens (tertiary/aromatic N) is 1. The Bertz CT molecular complexity index is 284. The van der Waals surface area contributed by atoms with Gasteiger partial charge in [-0.05, 0) is 25.8 Å². The van der Waals surface area contributed by atoms with Gasteiger partial charge in [0.05, 0.1) is 5.75 Å². The van der Waals surface area contributed by atoms with Crippen molar-refractivity contribution in [3.05, 3.63) is 0 Å². The van der Waals surface area contributed by atoms with E-state index in [1.54, 1.807) is 0 Å². The number of hydrogen-bond donors (Lipinski definition) is 1. The number of nitrogens with two attached hydrogens (primary N) is 1. The van der Waals surface area contributed by atoms with Gasteiger partial charge in [-0.25, -0.2) is 8.42 Å². The molecule has 1 fully saturated rings. The lowest BCUT2D eigenvalue weighted by Gasteiger charge is -2.28. The van der Waals surface area contributed by atoms with E-state index in [0.29, 0.717) is 18.3 Å². The predicted octanol–water partition coefficient (Wildman–Crippen LogP) is 0.624. The van der Waals surface area contributed by atoms with E-state index in [0.717, 1.165) is 19.5 Å². The van der Waals surface area contributed by atoms with Crippen molar-refractivity contribution in [1.29, 1.82) is 0 Å². The number of rotatable bonds is 7. The third kappa shape index (κ3) is 5.27. The van der Waals surface area contributed by atoms with Crippen molar-refractivity contribution >= 4 is 9.84 Å². The Kier molecular flexibility index (Phi) is 5.72. The van der Waals surface area contributed by atoms with Crippen molar-refractivity contribution in [2.24, 2.45) is 5.73 Å². The first kappa shape index (κ1) is 13.9. The summed E-state index contributed by atoms with van der Waals surface area (Å²) < 4.78 is 22.1. The molecule has 0 aliphatic heterocycles. The highest BCUT2D eigenvalue weighted by Crippen LogP contribution is 2.23. The average molecular weight is 248 g/mol. The molecule has 0 unspecified atom stereocenters. The topological polar surface area (TPSA) is 63.4 Å². The van der Waals surface area contributed by atoms with E-state index in [1.807, 2.05) is 0 Å². The Morgan fingerprint density at radius 2 is 1.88 bits per heavy atom. The first-order chi connectivity index (χ1) is 7.53. The summed E-state index contributed by atoms with van der Waals surface area (Å²) in [5.74, 6) is 0.292. The van der Waals surface area contributed by atoms with Crippen LogP contribution >= 0.6 is 0 Å². The molecule has 0 saturated heterocycles. The van der Waals surface area contributed by atoms with Crippen LogP contribution in [0.1, 0.15) is 32.1 Å². The number of hydrogen-bond acceptors (Lipinski definition) is 4. The van der Waals surface area contributed by atoms with Crippen LogP contribution in [-0.4, -0.2) is 51.0 Å². The van der Waals surface area contributed by atoms with Crippen LogP contribution < -0.4 is 5.73 Å². The molecule has 0 amide bonds. The molecule has 1 saturated carbocycles. The SMILES string of the molecule is CS(=O)(=O)CCCN(CCN)C1CCCC1. The monoisotopic (exact) mass is 248 g/mol. The summed E-state index contributed by atoms with van der Waals surface area (Å²) in [6.07, 6.45) is 7.14. The van der Waals surface area contributed by atoms with Crippen molar-refractivity contribution in [2.75, 3.05) is 31.6 Å². The third-order valence-electron chi connectivity index (χ3n) is 3.22. The molecular formula is C11H24N2O2S. The molecule has 0 radical (unpaired) electrons. The maximum Gasteiger partial charge on any atom is 0.147 e. The summed E-state index contributed by atoms with van der Waals surface area (Å²) in [6.45, 7) is 2.43.